The molecule has 0 heterocycles. The van der Waals surface area contributed by atoms with E-state index in [2.05, 4.69) is 6.07 Å². The number of ether oxygens (including phenoxy) is 1. The highest BCUT2D eigenvalue weighted by molar-refractivity contribution is 8.00. The average molecular weight is 254 g/mol. The summed E-state index contributed by atoms with van der Waals surface area (Å²) >= 11 is 1.60. The number of aliphatic carboxylic acids is 1. The summed E-state index contributed by atoms with van der Waals surface area (Å²) in [5.74, 6) is 0.116. The number of benzene rings is 1. The molecule has 0 saturated heterocycles. The van der Waals surface area contributed by atoms with Gasteiger partial charge in [-0.2, -0.15) is 0 Å². The first-order chi connectivity index (χ1) is 7.93. The number of carbonyl (C=O) groups is 1. The van der Waals surface area contributed by atoms with Crippen molar-refractivity contribution in [3.05, 3.63) is 23.3 Å². The van der Waals surface area contributed by atoms with Crippen LogP contribution >= 0.6 is 11.8 Å². The van der Waals surface area contributed by atoms with Gasteiger partial charge < -0.3 is 9.84 Å². The Balaban J connectivity index is 2.84. The van der Waals surface area contributed by atoms with Crippen molar-refractivity contribution in [2.75, 3.05) is 7.11 Å². The summed E-state index contributed by atoms with van der Waals surface area (Å²) in [6.45, 7) is 5.93. The molecule has 17 heavy (non-hydrogen) atoms. The Hall–Kier alpha value is -1.16. The zero-order valence-electron chi connectivity index (χ0n) is 10.6. The van der Waals surface area contributed by atoms with Crippen molar-refractivity contribution in [2.24, 2.45) is 0 Å². The second-order valence-electron chi connectivity index (χ2n) is 4.11. The molecule has 0 radical (unpaired) electrons. The molecule has 4 heteroatoms. The lowest BCUT2D eigenvalue weighted by molar-refractivity contribution is -0.136. The van der Waals surface area contributed by atoms with Crippen molar-refractivity contribution in [1.82, 2.24) is 0 Å². The van der Waals surface area contributed by atoms with E-state index in [0.29, 0.717) is 0 Å². The van der Waals surface area contributed by atoms with Gasteiger partial charge in [0.15, 0.2) is 0 Å². The Labute approximate surface area is 106 Å². The number of aryl methyl sites for hydroxylation is 2. The van der Waals surface area contributed by atoms with Gasteiger partial charge in [0.2, 0.25) is 0 Å². The molecule has 1 atom stereocenters. The smallest absolute Gasteiger partial charge is 0.304 e. The number of hydrogen-bond acceptors (Lipinski definition) is 3. The number of methoxy groups -OCH3 is 1. The maximum atomic E-state index is 10.6. The zero-order chi connectivity index (χ0) is 13.0. The predicted molar refractivity (Wildman–Crippen MR) is 70.0 cm³/mol. The highest BCUT2D eigenvalue weighted by Crippen LogP contribution is 2.32. The monoisotopic (exact) mass is 254 g/mol. The van der Waals surface area contributed by atoms with E-state index in [-0.39, 0.29) is 11.7 Å². The molecule has 3 nitrogen and oxygen atoms in total. The summed E-state index contributed by atoms with van der Waals surface area (Å²) in [5.41, 5.74) is 2.19. The third-order valence-electron chi connectivity index (χ3n) is 2.48. The van der Waals surface area contributed by atoms with E-state index >= 15 is 0 Å². The first-order valence-electron chi connectivity index (χ1n) is 5.47. The van der Waals surface area contributed by atoms with Gasteiger partial charge in [-0.15, -0.1) is 11.8 Å². The minimum absolute atomic E-state index is 0.0685. The molecule has 0 fully saturated rings. The van der Waals surface area contributed by atoms with Crippen LogP contribution in [0.3, 0.4) is 0 Å². The molecular weight excluding hydrogens is 236 g/mol. The van der Waals surface area contributed by atoms with Gasteiger partial charge in [-0.1, -0.05) is 6.92 Å². The summed E-state index contributed by atoms with van der Waals surface area (Å²) in [7, 11) is 1.65. The first-order valence-corrected chi connectivity index (χ1v) is 6.35. The molecule has 0 amide bonds. The van der Waals surface area contributed by atoms with Crippen LogP contribution in [0, 0.1) is 13.8 Å². The number of carboxylic acid groups (broad SMARTS) is 1. The lowest BCUT2D eigenvalue weighted by Gasteiger charge is -2.14. The average Bonchev–Trinajstić information content (AvgIpc) is 2.21. The van der Waals surface area contributed by atoms with Crippen molar-refractivity contribution in [3.63, 3.8) is 0 Å². The van der Waals surface area contributed by atoms with Gasteiger partial charge in [0.05, 0.1) is 13.5 Å². The third kappa shape index (κ3) is 3.97. The summed E-state index contributed by atoms with van der Waals surface area (Å²) < 4.78 is 5.25. The summed E-state index contributed by atoms with van der Waals surface area (Å²) in [6, 6.07) is 4.04. The molecule has 94 valence electrons. The highest BCUT2D eigenvalue weighted by Gasteiger charge is 2.12. The van der Waals surface area contributed by atoms with Crippen LogP contribution in [-0.2, 0) is 4.79 Å². The molecule has 0 spiro atoms. The molecular formula is C13H18O3S. The quantitative estimate of drug-likeness (QED) is 0.819. The molecule has 1 rings (SSSR count). The number of thioether (sulfide) groups is 1. The molecule has 0 aliphatic rings. The Morgan fingerprint density at radius 1 is 1.41 bits per heavy atom. The Morgan fingerprint density at radius 2 is 2.06 bits per heavy atom. The second kappa shape index (κ2) is 5.96. The fourth-order valence-electron chi connectivity index (χ4n) is 1.61. The van der Waals surface area contributed by atoms with Gasteiger partial charge in [-0.05, 0) is 37.1 Å². The van der Waals surface area contributed by atoms with Crippen molar-refractivity contribution in [2.45, 2.75) is 37.3 Å². The molecule has 0 aliphatic carbocycles. The molecule has 0 saturated carbocycles. The summed E-state index contributed by atoms with van der Waals surface area (Å²) in [4.78, 5) is 11.7. The van der Waals surface area contributed by atoms with E-state index in [0.717, 1.165) is 21.8 Å². The summed E-state index contributed by atoms with van der Waals surface area (Å²) in [6.07, 6.45) is 0.176. The number of hydrogen-bond donors (Lipinski definition) is 1. The third-order valence-corrected chi connectivity index (χ3v) is 3.75. The fourth-order valence-corrected chi connectivity index (χ4v) is 2.76. The topological polar surface area (TPSA) is 46.5 Å². The van der Waals surface area contributed by atoms with Gasteiger partial charge in [0, 0.05) is 10.1 Å². The van der Waals surface area contributed by atoms with E-state index in [1.165, 1.54) is 0 Å². The van der Waals surface area contributed by atoms with E-state index in [1.54, 1.807) is 18.9 Å². The Bertz CT molecular complexity index is 415. The molecule has 1 aromatic rings. The SMILES string of the molecule is COc1cc(C)c(SC(C)CC(=O)O)cc1C. The Morgan fingerprint density at radius 3 is 2.59 bits per heavy atom. The van der Waals surface area contributed by atoms with Crippen LogP contribution in [0.15, 0.2) is 17.0 Å². The first kappa shape index (κ1) is 13.9. The molecule has 1 unspecified atom stereocenters. The van der Waals surface area contributed by atoms with E-state index in [4.69, 9.17) is 9.84 Å². The number of rotatable bonds is 5. The van der Waals surface area contributed by atoms with Crippen LogP contribution in [0.1, 0.15) is 24.5 Å². The molecule has 0 aromatic heterocycles. The Kier molecular flexibility index (Phi) is 4.87. The molecule has 1 aromatic carbocycles. The van der Waals surface area contributed by atoms with Crippen molar-refractivity contribution < 1.29 is 14.6 Å². The predicted octanol–water partition coefficient (Wildman–Crippen LogP) is 3.27. The molecule has 0 bridgehead atoms. The van der Waals surface area contributed by atoms with Gasteiger partial charge >= 0.3 is 5.97 Å². The van der Waals surface area contributed by atoms with Crippen LogP contribution in [0.2, 0.25) is 0 Å². The molecule has 0 aliphatic heterocycles. The highest BCUT2D eigenvalue weighted by atomic mass is 32.2. The van der Waals surface area contributed by atoms with E-state index in [1.807, 2.05) is 26.8 Å². The summed E-state index contributed by atoms with van der Waals surface area (Å²) in [5, 5.41) is 8.80. The van der Waals surface area contributed by atoms with Gasteiger partial charge in [0.25, 0.3) is 0 Å². The van der Waals surface area contributed by atoms with Crippen LogP contribution in [0.4, 0.5) is 0 Å². The minimum Gasteiger partial charge on any atom is -0.496 e. The minimum atomic E-state index is -0.757. The van der Waals surface area contributed by atoms with Gasteiger partial charge in [-0.25, -0.2) is 0 Å². The largest absolute Gasteiger partial charge is 0.496 e. The maximum Gasteiger partial charge on any atom is 0.304 e. The maximum absolute atomic E-state index is 10.6. The van der Waals surface area contributed by atoms with Crippen LogP contribution in [0.5, 0.6) is 5.75 Å². The van der Waals surface area contributed by atoms with E-state index in [9.17, 15) is 4.79 Å². The van der Waals surface area contributed by atoms with Gasteiger partial charge in [-0.3, -0.25) is 4.79 Å². The van der Waals surface area contributed by atoms with Crippen LogP contribution < -0.4 is 4.74 Å². The van der Waals surface area contributed by atoms with E-state index < -0.39 is 5.97 Å². The normalized spacial score (nSPS) is 12.2. The number of carboxylic acids is 1. The van der Waals surface area contributed by atoms with Crippen LogP contribution in [0.25, 0.3) is 0 Å². The van der Waals surface area contributed by atoms with Crippen molar-refractivity contribution >= 4 is 17.7 Å². The molecule has 1 N–H and O–H groups in total. The van der Waals surface area contributed by atoms with Crippen molar-refractivity contribution in [3.8, 4) is 5.75 Å². The fraction of sp³-hybridized carbons (Fsp3) is 0.462. The second-order valence-corrected chi connectivity index (χ2v) is 5.59. The van der Waals surface area contributed by atoms with Crippen molar-refractivity contribution in [1.29, 1.82) is 0 Å². The van der Waals surface area contributed by atoms with Crippen LogP contribution in [-0.4, -0.2) is 23.4 Å². The lowest BCUT2D eigenvalue weighted by atomic mass is 10.1. The van der Waals surface area contributed by atoms with Gasteiger partial charge in [0.1, 0.15) is 5.75 Å². The lowest BCUT2D eigenvalue weighted by Crippen LogP contribution is -2.05. The zero-order valence-corrected chi connectivity index (χ0v) is 11.4. The standard InChI is InChI=1S/C13H18O3S/c1-8-6-12(9(2)5-11(8)16-4)17-10(3)7-13(14)15/h5-6,10H,7H2,1-4H3,(H,14,15).